The molecule has 1 atom stereocenters. The van der Waals surface area contributed by atoms with Gasteiger partial charge in [0.25, 0.3) is 0 Å². The van der Waals surface area contributed by atoms with Crippen LogP contribution in [0.2, 0.25) is 0 Å². The lowest BCUT2D eigenvalue weighted by atomic mass is 9.99. The van der Waals surface area contributed by atoms with Gasteiger partial charge in [-0.2, -0.15) is 0 Å². The first-order valence-corrected chi connectivity index (χ1v) is 9.46. The van der Waals surface area contributed by atoms with E-state index in [1.165, 1.54) is 17.7 Å². The number of carbonyl (C=O) groups is 1. The zero-order valence-corrected chi connectivity index (χ0v) is 15.4. The summed E-state index contributed by atoms with van der Waals surface area (Å²) in [4.78, 5) is 13.8. The van der Waals surface area contributed by atoms with Crippen LogP contribution < -0.4 is 9.64 Å². The second-order valence-electron chi connectivity index (χ2n) is 7.32. The summed E-state index contributed by atoms with van der Waals surface area (Å²) < 4.78 is 5.70. The van der Waals surface area contributed by atoms with E-state index in [0.717, 1.165) is 25.6 Å². The molecule has 26 heavy (non-hydrogen) atoms. The maximum atomic E-state index is 12.4. The van der Waals surface area contributed by atoms with E-state index in [4.69, 9.17) is 4.74 Å². The van der Waals surface area contributed by atoms with Crippen LogP contribution in [-0.4, -0.2) is 43.2 Å². The van der Waals surface area contributed by atoms with Crippen molar-refractivity contribution in [3.63, 3.8) is 0 Å². The summed E-state index contributed by atoms with van der Waals surface area (Å²) in [5.74, 6) is 1.49. The lowest BCUT2D eigenvalue weighted by molar-refractivity contribution is -0.909. The van der Waals surface area contributed by atoms with E-state index in [1.807, 2.05) is 30.3 Å². The van der Waals surface area contributed by atoms with Gasteiger partial charge in [-0.25, -0.2) is 0 Å². The molecule has 1 aliphatic heterocycles. The standard InChI is InChI=1S/C22H27NO3/c1-17-11-13-23(14-12-17)15-20(24)16-26-21-9-7-19(8-10-21)22(25)18-5-3-2-4-6-18/h2-10,17,20,24H,11-16H2,1H3/p+1/t20-/m1/s1. The van der Waals surface area contributed by atoms with E-state index < -0.39 is 6.10 Å². The maximum absolute atomic E-state index is 12.4. The van der Waals surface area contributed by atoms with Crippen LogP contribution in [0.5, 0.6) is 5.75 Å². The minimum atomic E-state index is -0.468. The Morgan fingerprint density at radius 2 is 1.69 bits per heavy atom. The van der Waals surface area contributed by atoms with Crippen LogP contribution in [0.15, 0.2) is 54.6 Å². The third-order valence-electron chi connectivity index (χ3n) is 5.10. The van der Waals surface area contributed by atoms with E-state index in [-0.39, 0.29) is 12.4 Å². The Labute approximate surface area is 155 Å². The Hall–Kier alpha value is -2.17. The molecule has 2 aromatic rings. The number of ketones is 1. The van der Waals surface area contributed by atoms with Crippen molar-refractivity contribution in [1.82, 2.24) is 0 Å². The summed E-state index contributed by atoms with van der Waals surface area (Å²) in [6.07, 6.45) is 2.00. The third-order valence-corrected chi connectivity index (χ3v) is 5.10. The van der Waals surface area contributed by atoms with Gasteiger partial charge >= 0.3 is 0 Å². The average Bonchev–Trinajstić information content (AvgIpc) is 2.69. The lowest BCUT2D eigenvalue weighted by Crippen LogP contribution is -3.14. The fraction of sp³-hybridized carbons (Fsp3) is 0.409. The number of nitrogens with one attached hydrogen (secondary N) is 1. The number of carbonyl (C=O) groups excluding carboxylic acids is 1. The van der Waals surface area contributed by atoms with Gasteiger partial charge in [-0.15, -0.1) is 0 Å². The minimum Gasteiger partial charge on any atom is -0.491 e. The molecule has 2 N–H and O–H groups in total. The molecule has 0 aliphatic carbocycles. The molecule has 0 aromatic heterocycles. The van der Waals surface area contributed by atoms with Crippen LogP contribution >= 0.6 is 0 Å². The molecule has 1 saturated heterocycles. The zero-order chi connectivity index (χ0) is 18.4. The molecule has 0 unspecified atom stereocenters. The maximum Gasteiger partial charge on any atom is 0.193 e. The first-order valence-electron chi connectivity index (χ1n) is 9.46. The fourth-order valence-electron chi connectivity index (χ4n) is 3.42. The highest BCUT2D eigenvalue weighted by atomic mass is 16.5. The molecule has 2 aromatic carbocycles. The number of rotatable bonds is 7. The summed E-state index contributed by atoms with van der Waals surface area (Å²) in [5, 5.41) is 10.2. The number of quaternary nitrogens is 1. The van der Waals surface area contributed by atoms with Crippen molar-refractivity contribution < 1.29 is 19.5 Å². The van der Waals surface area contributed by atoms with E-state index in [9.17, 15) is 9.90 Å². The van der Waals surface area contributed by atoms with Gasteiger partial charge in [-0.3, -0.25) is 4.79 Å². The molecule has 4 heteroatoms. The molecule has 3 rings (SSSR count). The van der Waals surface area contributed by atoms with Gasteiger partial charge < -0.3 is 14.7 Å². The Morgan fingerprint density at radius 3 is 2.35 bits per heavy atom. The summed E-state index contributed by atoms with van der Waals surface area (Å²) >= 11 is 0. The molecule has 1 fully saturated rings. The molecule has 0 saturated carbocycles. The zero-order valence-electron chi connectivity index (χ0n) is 15.4. The van der Waals surface area contributed by atoms with Crippen molar-refractivity contribution in [3.05, 3.63) is 65.7 Å². The first-order chi connectivity index (χ1) is 12.6. The van der Waals surface area contributed by atoms with Gasteiger partial charge in [0.1, 0.15) is 25.0 Å². The largest absolute Gasteiger partial charge is 0.491 e. The highest BCUT2D eigenvalue weighted by Gasteiger charge is 2.21. The van der Waals surface area contributed by atoms with Crippen molar-refractivity contribution in [2.24, 2.45) is 5.92 Å². The Morgan fingerprint density at radius 1 is 1.08 bits per heavy atom. The quantitative estimate of drug-likeness (QED) is 0.748. The van der Waals surface area contributed by atoms with Gasteiger partial charge in [-0.05, 0) is 43.0 Å². The van der Waals surface area contributed by atoms with Gasteiger partial charge in [-0.1, -0.05) is 37.3 Å². The van der Waals surface area contributed by atoms with Crippen molar-refractivity contribution in [2.45, 2.75) is 25.9 Å². The predicted molar refractivity (Wildman–Crippen MR) is 102 cm³/mol. The Bertz CT molecular complexity index is 691. The SMILES string of the molecule is CC1CC[NH+](C[C@@H](O)COc2ccc(C(=O)c3ccccc3)cc2)CC1. The van der Waals surface area contributed by atoms with Gasteiger partial charge in [0.2, 0.25) is 0 Å². The predicted octanol–water partition coefficient (Wildman–Crippen LogP) is 1.97. The number of hydrogen-bond acceptors (Lipinski definition) is 3. The number of hydrogen-bond donors (Lipinski definition) is 2. The number of likely N-dealkylation sites (tertiary alicyclic amines) is 1. The number of piperidine rings is 1. The van der Waals surface area contributed by atoms with Gasteiger partial charge in [0.05, 0.1) is 13.1 Å². The van der Waals surface area contributed by atoms with Crippen molar-refractivity contribution >= 4 is 5.78 Å². The van der Waals surface area contributed by atoms with E-state index >= 15 is 0 Å². The minimum absolute atomic E-state index is 0.000103. The molecule has 1 heterocycles. The summed E-state index contributed by atoms with van der Waals surface area (Å²) in [6.45, 7) is 5.58. The van der Waals surface area contributed by atoms with Gasteiger partial charge in [0, 0.05) is 11.1 Å². The van der Waals surface area contributed by atoms with Crippen molar-refractivity contribution in [2.75, 3.05) is 26.2 Å². The summed E-state index contributed by atoms with van der Waals surface area (Å²) in [7, 11) is 0. The van der Waals surface area contributed by atoms with Crippen molar-refractivity contribution in [1.29, 1.82) is 0 Å². The van der Waals surface area contributed by atoms with E-state index in [2.05, 4.69) is 6.92 Å². The smallest absolute Gasteiger partial charge is 0.193 e. The van der Waals surface area contributed by atoms with Crippen LogP contribution in [0.1, 0.15) is 35.7 Å². The van der Waals surface area contributed by atoms with Crippen molar-refractivity contribution in [3.8, 4) is 5.75 Å². The van der Waals surface area contributed by atoms with Crippen LogP contribution in [-0.2, 0) is 0 Å². The monoisotopic (exact) mass is 354 g/mol. The van der Waals surface area contributed by atoms with Crippen LogP contribution in [0.4, 0.5) is 0 Å². The highest BCUT2D eigenvalue weighted by molar-refractivity contribution is 6.08. The second-order valence-corrected chi connectivity index (χ2v) is 7.32. The molecule has 0 amide bonds. The van der Waals surface area contributed by atoms with E-state index in [0.29, 0.717) is 16.9 Å². The Kier molecular flexibility index (Phi) is 6.42. The van der Waals surface area contributed by atoms with Gasteiger partial charge in [0.15, 0.2) is 5.78 Å². The lowest BCUT2D eigenvalue weighted by Gasteiger charge is -2.28. The third kappa shape index (κ3) is 5.16. The molecule has 4 nitrogen and oxygen atoms in total. The molecule has 0 spiro atoms. The number of aliphatic hydroxyl groups excluding tert-OH is 1. The number of ether oxygens (including phenoxy) is 1. The summed E-state index contributed by atoms with van der Waals surface area (Å²) in [5.41, 5.74) is 1.31. The first kappa shape index (κ1) is 18.6. The topological polar surface area (TPSA) is 51.0 Å². The molecule has 1 aliphatic rings. The number of benzene rings is 2. The summed E-state index contributed by atoms with van der Waals surface area (Å²) in [6, 6.07) is 16.4. The van der Waals surface area contributed by atoms with Crippen LogP contribution in [0.3, 0.4) is 0 Å². The Balaban J connectivity index is 1.47. The molecule has 0 radical (unpaired) electrons. The molecule has 0 bridgehead atoms. The normalized spacial score (nSPS) is 21.2. The molecule has 138 valence electrons. The van der Waals surface area contributed by atoms with Crippen LogP contribution in [0, 0.1) is 5.92 Å². The molecular weight excluding hydrogens is 326 g/mol. The second kappa shape index (κ2) is 8.97. The average molecular weight is 354 g/mol. The number of aliphatic hydroxyl groups is 1. The fourth-order valence-corrected chi connectivity index (χ4v) is 3.42. The molecular formula is C22H28NO3+. The van der Waals surface area contributed by atoms with Crippen LogP contribution in [0.25, 0.3) is 0 Å². The highest BCUT2D eigenvalue weighted by Crippen LogP contribution is 2.15. The van der Waals surface area contributed by atoms with E-state index in [1.54, 1.807) is 24.3 Å².